The summed E-state index contributed by atoms with van der Waals surface area (Å²) < 4.78 is 0. The zero-order chi connectivity index (χ0) is 39.6. The summed E-state index contributed by atoms with van der Waals surface area (Å²) in [5.41, 5.74) is 16.7. The fourth-order valence-corrected chi connectivity index (χ4v) is 6.43. The second-order valence-electron chi connectivity index (χ2n) is 12.4. The van der Waals surface area contributed by atoms with Gasteiger partial charge in [0.2, 0.25) is 11.8 Å². The predicted octanol–water partition coefficient (Wildman–Crippen LogP) is 6.22. The second-order valence-corrected chi connectivity index (χ2v) is 15.3. The van der Waals surface area contributed by atoms with Crippen LogP contribution in [0.2, 0.25) is 0 Å². The summed E-state index contributed by atoms with van der Waals surface area (Å²) in [7, 11) is 3.00. The molecule has 0 bridgehead atoms. The third kappa shape index (κ3) is 29.1. The molecule has 52 heavy (non-hydrogen) atoms. The van der Waals surface area contributed by atoms with Gasteiger partial charge in [-0.2, -0.15) is 12.6 Å². The van der Waals surface area contributed by atoms with Gasteiger partial charge in [0.25, 0.3) is 11.8 Å². The molecule has 3 aliphatic heterocycles. The predicted molar refractivity (Wildman–Crippen MR) is 228 cm³/mol. The lowest BCUT2D eigenvalue weighted by atomic mass is 10.2. The molecule has 1 unspecified atom stereocenters. The van der Waals surface area contributed by atoms with Crippen LogP contribution in [0.5, 0.6) is 0 Å². The number of aliphatic imine (C=N–C) groups is 2. The van der Waals surface area contributed by atoms with Crippen molar-refractivity contribution in [2.45, 2.75) is 129 Å². The van der Waals surface area contributed by atoms with E-state index < -0.39 is 0 Å². The number of carbonyl (C=O) groups excluding carboxylic acids is 4. The molecule has 0 aliphatic carbocycles. The molecule has 2 saturated heterocycles. The van der Waals surface area contributed by atoms with Crippen LogP contribution >= 0.6 is 36.2 Å². The molecule has 3 aliphatic rings. The summed E-state index contributed by atoms with van der Waals surface area (Å²) in [6.07, 6.45) is 19.6. The van der Waals surface area contributed by atoms with E-state index >= 15 is 0 Å². The van der Waals surface area contributed by atoms with E-state index in [1.807, 2.05) is 0 Å². The van der Waals surface area contributed by atoms with Crippen LogP contribution in [-0.4, -0.2) is 106 Å². The van der Waals surface area contributed by atoms with Crippen molar-refractivity contribution in [3.63, 3.8) is 0 Å². The molecule has 12 nitrogen and oxygen atoms in total. The number of nitrogens with two attached hydrogens (primary N) is 3. The lowest BCUT2D eigenvalue weighted by Gasteiger charge is -2.08. The number of hydrogen-bond donors (Lipinski definition) is 5. The number of imide groups is 2. The van der Waals surface area contributed by atoms with Gasteiger partial charge in [-0.3, -0.25) is 44.4 Å². The van der Waals surface area contributed by atoms with E-state index in [0.717, 1.165) is 91.9 Å². The Morgan fingerprint density at radius 1 is 0.846 bits per heavy atom. The first-order chi connectivity index (χ1) is 24.9. The molecule has 1 atom stereocenters. The number of thiol groups is 1. The molecule has 0 spiro atoms. The molecule has 300 valence electrons. The van der Waals surface area contributed by atoms with Crippen LogP contribution in [0.4, 0.5) is 0 Å². The van der Waals surface area contributed by atoms with E-state index in [1.54, 1.807) is 30.6 Å². The van der Waals surface area contributed by atoms with E-state index in [0.29, 0.717) is 12.3 Å². The minimum atomic E-state index is -0.241. The lowest BCUT2D eigenvalue weighted by molar-refractivity contribution is -0.137. The number of hydrogen-bond acceptors (Lipinski definition) is 11. The van der Waals surface area contributed by atoms with Crippen molar-refractivity contribution in [2.75, 3.05) is 51.0 Å². The Kier molecular flexibility index (Phi) is 35.5. The minimum absolute atomic E-state index is 0.0683. The highest BCUT2D eigenvalue weighted by molar-refractivity contribution is 8.14. The summed E-state index contributed by atoms with van der Waals surface area (Å²) >= 11 is 7.34. The van der Waals surface area contributed by atoms with Crippen LogP contribution < -0.4 is 17.2 Å². The van der Waals surface area contributed by atoms with Crippen molar-refractivity contribution in [3.05, 3.63) is 12.2 Å². The fourth-order valence-electron chi connectivity index (χ4n) is 4.29. The van der Waals surface area contributed by atoms with Gasteiger partial charge in [-0.1, -0.05) is 59.3 Å². The van der Waals surface area contributed by atoms with E-state index in [4.69, 9.17) is 22.6 Å². The number of amides is 4. The zero-order valence-corrected chi connectivity index (χ0v) is 35.2. The number of likely N-dealkylation sites (tertiary alicyclic amines) is 1. The van der Waals surface area contributed by atoms with Gasteiger partial charge in [-0.25, -0.2) is 0 Å². The van der Waals surface area contributed by atoms with Gasteiger partial charge < -0.3 is 17.2 Å². The van der Waals surface area contributed by atoms with Gasteiger partial charge >= 0.3 is 0 Å². The van der Waals surface area contributed by atoms with Gasteiger partial charge in [0.1, 0.15) is 0 Å². The highest BCUT2D eigenvalue weighted by Crippen LogP contribution is 2.24. The molecule has 0 aromatic heterocycles. The summed E-state index contributed by atoms with van der Waals surface area (Å²) in [4.78, 5) is 54.7. The van der Waals surface area contributed by atoms with Gasteiger partial charge in [0.15, 0.2) is 0 Å². The molecule has 0 aromatic rings. The van der Waals surface area contributed by atoms with Crippen LogP contribution in [0.25, 0.3) is 0 Å². The van der Waals surface area contributed by atoms with E-state index in [2.05, 4.69) is 43.4 Å². The van der Waals surface area contributed by atoms with Crippen LogP contribution in [0, 0.1) is 5.41 Å². The number of rotatable bonds is 19. The SMILES string of the molecule is CCCCCN.CCCCCN=C(N)CCCS.CCCCCN=C(N)CCCSC1CC(=O)N(C)C1=O.CN1C(=O)C=CC1=O.N=C1CCCS1. The number of nitrogens with one attached hydrogen (secondary N) is 1. The minimum Gasteiger partial charge on any atom is -0.387 e. The molecule has 15 heteroatoms. The maximum Gasteiger partial charge on any atom is 0.253 e. The standard InChI is InChI=1S/C14H25N3O2S.C9H20N2S.C5H5NO2.C5H13N.C4H7NS/c1-3-4-5-8-16-12(15)7-6-9-20-11-10-13(18)17(2)14(11)19;1-2-3-4-7-11-9(10)6-5-8-12;1-6-4(7)2-3-5(6)8;1-2-3-4-5-6;5-4-2-1-3-6-4/h11H,3-10H2,1-2H3,(H2,15,16);12H,2-8H2,1H3,(H2,10,11);2-3H,1H3;2-6H2,1H3;5H,1-3H2. The zero-order valence-electron chi connectivity index (χ0n) is 32.7. The Hall–Kier alpha value is -2.36. The molecular weight excluding hydrogens is 717 g/mol. The third-order valence-corrected chi connectivity index (χ3v) is 10.3. The molecule has 0 radical (unpaired) electrons. The molecule has 2 fully saturated rings. The Balaban J connectivity index is 0. The smallest absolute Gasteiger partial charge is 0.253 e. The summed E-state index contributed by atoms with van der Waals surface area (Å²) in [5.74, 6) is 3.77. The molecule has 0 aromatic carbocycles. The van der Waals surface area contributed by atoms with Crippen LogP contribution in [0.1, 0.15) is 124 Å². The number of unbranched alkanes of at least 4 members (excludes halogenated alkanes) is 6. The molecule has 3 rings (SSSR count). The van der Waals surface area contributed by atoms with Crippen molar-refractivity contribution in [1.82, 2.24) is 9.80 Å². The maximum absolute atomic E-state index is 11.7. The molecule has 4 amide bonds. The summed E-state index contributed by atoms with van der Waals surface area (Å²) in [6, 6.07) is 0. The monoisotopic (exact) mass is 786 g/mol. The average molecular weight is 787 g/mol. The van der Waals surface area contributed by atoms with E-state index in [1.165, 1.54) is 81.2 Å². The van der Waals surface area contributed by atoms with Crippen LogP contribution in [0.3, 0.4) is 0 Å². The number of carbonyl (C=O) groups is 4. The van der Waals surface area contributed by atoms with Crippen molar-refractivity contribution >= 4 is 76.5 Å². The number of nitrogens with zero attached hydrogens (tertiary/aromatic N) is 4. The van der Waals surface area contributed by atoms with Gasteiger partial charge in [0, 0.05) is 58.6 Å². The Morgan fingerprint density at radius 3 is 1.69 bits per heavy atom. The van der Waals surface area contributed by atoms with Crippen molar-refractivity contribution < 1.29 is 19.2 Å². The van der Waals surface area contributed by atoms with E-state index in [-0.39, 0.29) is 28.9 Å². The fraction of sp³-hybridized carbons (Fsp3) is 0.757. The Morgan fingerprint density at radius 2 is 1.37 bits per heavy atom. The van der Waals surface area contributed by atoms with Crippen LogP contribution in [0.15, 0.2) is 22.1 Å². The third-order valence-electron chi connectivity index (χ3n) is 7.64. The normalized spacial score (nSPS) is 16.9. The number of amidine groups is 2. The molecule has 3 heterocycles. The van der Waals surface area contributed by atoms with Gasteiger partial charge in [-0.05, 0) is 68.7 Å². The van der Waals surface area contributed by atoms with Gasteiger partial charge in [-0.15, -0.1) is 23.5 Å². The highest BCUT2D eigenvalue weighted by Gasteiger charge is 2.35. The number of likely N-dealkylation sites (N-methyl/N-ethyl adjacent to an activating group) is 1. The van der Waals surface area contributed by atoms with Crippen molar-refractivity contribution in [3.8, 4) is 0 Å². The molecule has 7 N–H and O–H groups in total. The number of thioether (sulfide) groups is 2. The van der Waals surface area contributed by atoms with Crippen LogP contribution in [-0.2, 0) is 19.2 Å². The van der Waals surface area contributed by atoms with E-state index in [9.17, 15) is 19.2 Å². The quantitative estimate of drug-likeness (QED) is 0.0332. The Bertz CT molecular complexity index is 1070. The largest absolute Gasteiger partial charge is 0.387 e. The topological polar surface area (TPSA) is 201 Å². The Labute approximate surface area is 328 Å². The summed E-state index contributed by atoms with van der Waals surface area (Å²) in [5, 5.41) is 7.68. The molecular formula is C37H70N8O4S3. The van der Waals surface area contributed by atoms with Crippen molar-refractivity contribution in [1.29, 1.82) is 5.41 Å². The molecule has 0 saturated carbocycles. The average Bonchev–Trinajstić information content (AvgIpc) is 3.81. The van der Waals surface area contributed by atoms with Gasteiger partial charge in [0.05, 0.1) is 22.0 Å². The van der Waals surface area contributed by atoms with Crippen molar-refractivity contribution in [2.24, 2.45) is 27.2 Å². The second kappa shape index (κ2) is 35.7. The lowest BCUT2D eigenvalue weighted by Crippen LogP contribution is -2.26. The first kappa shape index (κ1) is 51.7. The highest BCUT2D eigenvalue weighted by atomic mass is 32.2. The summed E-state index contributed by atoms with van der Waals surface area (Å²) in [6.45, 7) is 9.09. The first-order valence-electron chi connectivity index (χ1n) is 18.9. The first-order valence-corrected chi connectivity index (χ1v) is 21.6. The maximum atomic E-state index is 11.7.